The van der Waals surface area contributed by atoms with Gasteiger partial charge in [-0.15, -0.1) is 0 Å². The number of nitrogens with zero attached hydrogens (tertiary/aromatic N) is 1. The Hall–Kier alpha value is -1.84. The number of hydrogen-bond acceptors (Lipinski definition) is 3. The summed E-state index contributed by atoms with van der Waals surface area (Å²) in [6, 6.07) is 5.48. The van der Waals surface area contributed by atoms with E-state index in [0.717, 1.165) is 17.7 Å². The Morgan fingerprint density at radius 1 is 1.41 bits per heavy atom. The average Bonchev–Trinajstić information content (AvgIpc) is 2.72. The zero-order valence-electron chi connectivity index (χ0n) is 10.0. The predicted molar refractivity (Wildman–Crippen MR) is 64.1 cm³/mol. The minimum atomic E-state index is -0.363. The van der Waals surface area contributed by atoms with Gasteiger partial charge in [0.05, 0.1) is 17.9 Å². The first-order valence-corrected chi connectivity index (χ1v) is 5.72. The molecule has 0 aromatic heterocycles. The maximum Gasteiger partial charge on any atom is 0.340 e. The zero-order chi connectivity index (χ0) is 12.4. The highest BCUT2D eigenvalue weighted by Gasteiger charge is 2.27. The molecule has 1 amide bonds. The van der Waals surface area contributed by atoms with Crippen LogP contribution in [0.1, 0.15) is 29.8 Å². The molecule has 0 bridgehead atoms. The van der Waals surface area contributed by atoms with Gasteiger partial charge in [-0.3, -0.25) is 4.79 Å². The third-order valence-corrected chi connectivity index (χ3v) is 2.87. The first-order chi connectivity index (χ1) is 8.15. The van der Waals surface area contributed by atoms with E-state index in [1.54, 1.807) is 17.9 Å². The van der Waals surface area contributed by atoms with Crippen molar-refractivity contribution in [3.63, 3.8) is 0 Å². The second-order valence-electron chi connectivity index (χ2n) is 3.95. The molecule has 1 heterocycles. The molecule has 0 fully saturated rings. The predicted octanol–water partition coefficient (Wildman–Crippen LogP) is 1.77. The number of esters is 1. The summed E-state index contributed by atoms with van der Waals surface area (Å²) in [6.45, 7) is 4.25. The number of rotatable bonds is 2. The number of ether oxygens (including phenoxy) is 1. The van der Waals surface area contributed by atoms with Crippen LogP contribution in [0.15, 0.2) is 18.2 Å². The van der Waals surface area contributed by atoms with Gasteiger partial charge >= 0.3 is 5.97 Å². The van der Waals surface area contributed by atoms with Gasteiger partial charge in [0.1, 0.15) is 0 Å². The second-order valence-corrected chi connectivity index (χ2v) is 3.95. The number of carbonyl (C=O) groups is 2. The van der Waals surface area contributed by atoms with Crippen LogP contribution >= 0.6 is 0 Å². The molecule has 0 saturated carbocycles. The molecule has 2 rings (SSSR count). The second kappa shape index (κ2) is 4.57. The van der Waals surface area contributed by atoms with Crippen LogP contribution in [0, 0.1) is 0 Å². The van der Waals surface area contributed by atoms with Crippen molar-refractivity contribution in [3.8, 4) is 0 Å². The van der Waals surface area contributed by atoms with Gasteiger partial charge in [0.15, 0.2) is 0 Å². The summed E-state index contributed by atoms with van der Waals surface area (Å²) < 4.78 is 5.00. The Morgan fingerprint density at radius 2 is 2.18 bits per heavy atom. The summed E-state index contributed by atoms with van der Waals surface area (Å²) in [4.78, 5) is 25.0. The highest BCUT2D eigenvalue weighted by atomic mass is 16.5. The van der Waals surface area contributed by atoms with E-state index in [-0.39, 0.29) is 11.9 Å². The number of benzene rings is 1. The molecule has 0 atom stereocenters. The number of hydrogen-bond donors (Lipinski definition) is 0. The monoisotopic (exact) mass is 233 g/mol. The van der Waals surface area contributed by atoms with Gasteiger partial charge < -0.3 is 9.64 Å². The standard InChI is InChI=1S/C13H15NO3/c1-3-17-13(16)11-6-4-5-10-7-8-14(9(2)15)12(10)11/h4-6H,3,7-8H2,1-2H3. The van der Waals surface area contributed by atoms with Gasteiger partial charge in [0.25, 0.3) is 0 Å². The lowest BCUT2D eigenvalue weighted by molar-refractivity contribution is -0.116. The van der Waals surface area contributed by atoms with Crippen molar-refractivity contribution in [1.29, 1.82) is 0 Å². The minimum Gasteiger partial charge on any atom is -0.462 e. The fraction of sp³-hybridized carbons (Fsp3) is 0.385. The fourth-order valence-electron chi connectivity index (χ4n) is 2.14. The molecule has 1 aromatic rings. The summed E-state index contributed by atoms with van der Waals surface area (Å²) in [5, 5.41) is 0. The lowest BCUT2D eigenvalue weighted by Gasteiger charge is -2.17. The topological polar surface area (TPSA) is 46.6 Å². The zero-order valence-corrected chi connectivity index (χ0v) is 10.0. The molecule has 0 saturated heterocycles. The van der Waals surface area contributed by atoms with Gasteiger partial charge in [0.2, 0.25) is 5.91 Å². The summed E-state index contributed by atoms with van der Waals surface area (Å²) >= 11 is 0. The van der Waals surface area contributed by atoms with Crippen molar-refractivity contribution in [3.05, 3.63) is 29.3 Å². The molecule has 0 spiro atoms. The van der Waals surface area contributed by atoms with Gasteiger partial charge in [-0.25, -0.2) is 4.79 Å². The molecule has 0 N–H and O–H groups in total. The SMILES string of the molecule is CCOC(=O)c1cccc2c1N(C(C)=O)CC2. The van der Waals surface area contributed by atoms with Crippen molar-refractivity contribution in [2.45, 2.75) is 20.3 Å². The maximum absolute atomic E-state index is 11.8. The number of anilines is 1. The summed E-state index contributed by atoms with van der Waals surface area (Å²) in [5.41, 5.74) is 2.24. The van der Waals surface area contributed by atoms with Crippen LogP contribution in [0.25, 0.3) is 0 Å². The normalized spacial score (nSPS) is 13.4. The third kappa shape index (κ3) is 2.02. The quantitative estimate of drug-likeness (QED) is 0.731. The summed E-state index contributed by atoms with van der Waals surface area (Å²) in [5.74, 6) is -0.405. The Kier molecular flexibility index (Phi) is 3.13. The molecule has 90 valence electrons. The van der Waals surface area contributed by atoms with E-state index in [0.29, 0.717) is 18.7 Å². The van der Waals surface area contributed by atoms with Crippen LogP contribution in [0.3, 0.4) is 0 Å². The van der Waals surface area contributed by atoms with Crippen molar-refractivity contribution >= 4 is 17.6 Å². The molecule has 1 aliphatic heterocycles. The molecule has 1 aliphatic rings. The van der Waals surface area contributed by atoms with Gasteiger partial charge in [0, 0.05) is 13.5 Å². The summed E-state index contributed by atoms with van der Waals surface area (Å²) in [7, 11) is 0. The van der Waals surface area contributed by atoms with E-state index in [1.807, 2.05) is 12.1 Å². The van der Waals surface area contributed by atoms with Crippen LogP contribution in [0.5, 0.6) is 0 Å². The Morgan fingerprint density at radius 3 is 2.82 bits per heavy atom. The highest BCUT2D eigenvalue weighted by Crippen LogP contribution is 2.32. The lowest BCUT2D eigenvalue weighted by Crippen LogP contribution is -2.27. The number of amides is 1. The maximum atomic E-state index is 11.8. The number of para-hydroxylation sites is 1. The average molecular weight is 233 g/mol. The fourth-order valence-corrected chi connectivity index (χ4v) is 2.14. The molecule has 4 heteroatoms. The first-order valence-electron chi connectivity index (χ1n) is 5.72. The molecule has 17 heavy (non-hydrogen) atoms. The van der Waals surface area contributed by atoms with E-state index in [4.69, 9.17) is 4.74 Å². The van der Waals surface area contributed by atoms with E-state index < -0.39 is 0 Å². The molecule has 0 radical (unpaired) electrons. The molecule has 0 unspecified atom stereocenters. The van der Waals surface area contributed by atoms with E-state index in [1.165, 1.54) is 6.92 Å². The van der Waals surface area contributed by atoms with E-state index >= 15 is 0 Å². The Labute approximate surface area is 100 Å². The smallest absolute Gasteiger partial charge is 0.340 e. The van der Waals surface area contributed by atoms with Gasteiger partial charge in [-0.1, -0.05) is 12.1 Å². The van der Waals surface area contributed by atoms with E-state index in [9.17, 15) is 9.59 Å². The lowest BCUT2D eigenvalue weighted by atomic mass is 10.1. The van der Waals surface area contributed by atoms with Crippen LogP contribution in [-0.2, 0) is 16.0 Å². The van der Waals surface area contributed by atoms with Crippen LogP contribution in [0.4, 0.5) is 5.69 Å². The highest BCUT2D eigenvalue weighted by molar-refractivity contribution is 6.04. The Bertz CT molecular complexity index is 468. The van der Waals surface area contributed by atoms with Crippen molar-refractivity contribution in [2.75, 3.05) is 18.1 Å². The molecular weight excluding hydrogens is 218 g/mol. The Balaban J connectivity index is 2.45. The van der Waals surface area contributed by atoms with Crippen molar-refractivity contribution in [2.24, 2.45) is 0 Å². The van der Waals surface area contributed by atoms with Crippen molar-refractivity contribution in [1.82, 2.24) is 0 Å². The number of fused-ring (bicyclic) bond motifs is 1. The summed E-state index contributed by atoms with van der Waals surface area (Å²) in [6.07, 6.45) is 0.794. The van der Waals surface area contributed by atoms with Crippen molar-refractivity contribution < 1.29 is 14.3 Å². The largest absolute Gasteiger partial charge is 0.462 e. The van der Waals surface area contributed by atoms with Crippen LogP contribution in [-0.4, -0.2) is 25.0 Å². The van der Waals surface area contributed by atoms with E-state index in [2.05, 4.69) is 0 Å². The minimum absolute atomic E-state index is 0.0412. The molecular formula is C13H15NO3. The molecule has 0 aliphatic carbocycles. The molecule has 4 nitrogen and oxygen atoms in total. The third-order valence-electron chi connectivity index (χ3n) is 2.87. The molecule has 1 aromatic carbocycles. The number of carbonyl (C=O) groups excluding carboxylic acids is 2. The van der Waals surface area contributed by atoms with Gasteiger partial charge in [-0.2, -0.15) is 0 Å². The van der Waals surface area contributed by atoms with Crippen LogP contribution < -0.4 is 4.90 Å². The first kappa shape index (κ1) is 11.6. The van der Waals surface area contributed by atoms with Gasteiger partial charge in [-0.05, 0) is 25.0 Å². The van der Waals surface area contributed by atoms with Crippen LogP contribution in [0.2, 0.25) is 0 Å².